The zero-order valence-electron chi connectivity index (χ0n) is 8.94. The zero-order valence-corrected chi connectivity index (χ0v) is 9.75. The van der Waals surface area contributed by atoms with Crippen molar-refractivity contribution in [2.24, 2.45) is 0 Å². The predicted octanol–water partition coefficient (Wildman–Crippen LogP) is 1.11. The molecule has 0 fully saturated rings. The summed E-state index contributed by atoms with van der Waals surface area (Å²) in [6.45, 7) is 0. The van der Waals surface area contributed by atoms with Crippen LogP contribution in [-0.4, -0.2) is 13.5 Å². The Labute approximate surface area is 102 Å². The molecule has 0 atom stereocenters. The number of aromatic hydroxyl groups is 1. The highest BCUT2D eigenvalue weighted by molar-refractivity contribution is 7.87. The summed E-state index contributed by atoms with van der Waals surface area (Å²) < 4.78 is 32.7. The molecule has 2 rings (SSSR count). The van der Waals surface area contributed by atoms with Crippen molar-refractivity contribution >= 4 is 10.1 Å². The lowest BCUT2D eigenvalue weighted by atomic mass is 10.3. The molecule has 1 aromatic carbocycles. The second-order valence-electron chi connectivity index (χ2n) is 3.27. The van der Waals surface area contributed by atoms with Crippen molar-refractivity contribution in [1.29, 1.82) is 0 Å². The van der Waals surface area contributed by atoms with Gasteiger partial charge in [0.15, 0.2) is 0 Å². The third-order valence-electron chi connectivity index (χ3n) is 2.04. The Balaban J connectivity index is 2.43. The van der Waals surface area contributed by atoms with Gasteiger partial charge in [-0.3, -0.25) is 0 Å². The summed E-state index contributed by atoms with van der Waals surface area (Å²) in [6.07, 6.45) is 1.10. The van der Waals surface area contributed by atoms with Crippen molar-refractivity contribution in [3.63, 3.8) is 0 Å². The molecular weight excluding hydrogens is 260 g/mol. The summed E-state index contributed by atoms with van der Waals surface area (Å²) >= 11 is 0. The fraction of sp³-hybridized carbons (Fsp3) is 0. The van der Waals surface area contributed by atoms with Crippen molar-refractivity contribution in [3.8, 4) is 11.5 Å². The van der Waals surface area contributed by atoms with Gasteiger partial charge >= 0.3 is 15.7 Å². The molecule has 0 radical (unpaired) electrons. The number of phenolic OH excluding ortho intramolecular Hbond substituents is 1. The van der Waals surface area contributed by atoms with E-state index in [4.69, 9.17) is 0 Å². The van der Waals surface area contributed by atoms with Crippen molar-refractivity contribution < 1.29 is 22.1 Å². The van der Waals surface area contributed by atoms with Gasteiger partial charge < -0.3 is 13.7 Å². The maximum Gasteiger partial charge on any atom is 0.380 e. The highest BCUT2D eigenvalue weighted by Crippen LogP contribution is 2.23. The Morgan fingerprint density at radius 2 is 1.83 bits per heavy atom. The average molecular weight is 268 g/mol. The lowest BCUT2D eigenvalue weighted by molar-refractivity contribution is 0.428. The molecule has 0 aliphatic carbocycles. The Hall–Kier alpha value is -2.28. The van der Waals surface area contributed by atoms with E-state index in [-0.39, 0.29) is 0 Å². The Morgan fingerprint density at radius 3 is 2.50 bits per heavy atom. The maximum absolute atomic E-state index is 11.8. The van der Waals surface area contributed by atoms with Crippen molar-refractivity contribution in [1.82, 2.24) is 0 Å². The molecule has 2 aromatic rings. The minimum absolute atomic E-state index is 0.423. The second kappa shape index (κ2) is 4.53. The predicted molar refractivity (Wildman–Crippen MR) is 60.9 cm³/mol. The highest BCUT2D eigenvalue weighted by atomic mass is 32.2. The van der Waals surface area contributed by atoms with E-state index in [9.17, 15) is 18.3 Å². The molecule has 7 heteroatoms. The normalized spacial score (nSPS) is 11.1. The maximum atomic E-state index is 11.8. The van der Waals surface area contributed by atoms with Crippen LogP contribution in [0.15, 0.2) is 56.8 Å². The molecule has 1 N–H and O–H groups in total. The van der Waals surface area contributed by atoms with Gasteiger partial charge in [0.25, 0.3) is 0 Å². The standard InChI is InChI=1S/C11H8O6S/c12-8-4-1-2-6-10(8)18(14,15)17-9-5-3-7-16-11(9)13/h1-7,12H. The van der Waals surface area contributed by atoms with Crippen LogP contribution < -0.4 is 9.81 Å². The highest BCUT2D eigenvalue weighted by Gasteiger charge is 2.22. The molecular formula is C11H8O6S. The van der Waals surface area contributed by atoms with Gasteiger partial charge in [0.2, 0.25) is 5.75 Å². The third-order valence-corrected chi connectivity index (χ3v) is 3.32. The van der Waals surface area contributed by atoms with E-state index in [1.54, 1.807) is 0 Å². The summed E-state index contributed by atoms with van der Waals surface area (Å²) in [7, 11) is -4.28. The van der Waals surface area contributed by atoms with Crippen LogP contribution in [0.4, 0.5) is 0 Å². The molecule has 0 aliphatic heterocycles. The topological polar surface area (TPSA) is 93.8 Å². The summed E-state index contributed by atoms with van der Waals surface area (Å²) in [5.74, 6) is -0.932. The largest absolute Gasteiger partial charge is 0.506 e. The van der Waals surface area contributed by atoms with E-state index in [1.807, 2.05) is 0 Å². The van der Waals surface area contributed by atoms with Gasteiger partial charge in [-0.2, -0.15) is 8.42 Å². The summed E-state index contributed by atoms with van der Waals surface area (Å²) in [5, 5.41) is 9.43. The van der Waals surface area contributed by atoms with Crippen LogP contribution in [0.25, 0.3) is 0 Å². The molecule has 18 heavy (non-hydrogen) atoms. The molecule has 0 spiro atoms. The molecule has 0 amide bonds. The second-order valence-corrected chi connectivity index (χ2v) is 4.78. The number of rotatable bonds is 3. The smallest absolute Gasteiger partial charge is 0.380 e. The van der Waals surface area contributed by atoms with E-state index in [2.05, 4.69) is 8.60 Å². The number of hydrogen-bond acceptors (Lipinski definition) is 6. The number of phenols is 1. The quantitative estimate of drug-likeness (QED) is 0.838. The summed E-state index contributed by atoms with van der Waals surface area (Å²) in [5.41, 5.74) is -0.920. The van der Waals surface area contributed by atoms with Crippen LogP contribution in [0.2, 0.25) is 0 Å². The van der Waals surface area contributed by atoms with Gasteiger partial charge in [-0.05, 0) is 24.3 Å². The van der Waals surface area contributed by atoms with Crippen LogP contribution >= 0.6 is 0 Å². The number of benzene rings is 1. The first-order chi connectivity index (χ1) is 8.50. The van der Waals surface area contributed by atoms with Crippen LogP contribution in [-0.2, 0) is 10.1 Å². The molecule has 1 heterocycles. The van der Waals surface area contributed by atoms with Crippen molar-refractivity contribution in [2.75, 3.05) is 0 Å². The first-order valence-electron chi connectivity index (χ1n) is 4.81. The van der Waals surface area contributed by atoms with Crippen LogP contribution in [0.3, 0.4) is 0 Å². The Kier molecular flexibility index (Phi) is 3.07. The third kappa shape index (κ3) is 2.35. The van der Waals surface area contributed by atoms with Gasteiger partial charge in [0.05, 0.1) is 6.26 Å². The molecule has 0 aliphatic rings. The molecule has 0 unspecified atom stereocenters. The minimum Gasteiger partial charge on any atom is -0.506 e. The fourth-order valence-corrected chi connectivity index (χ4v) is 2.27. The summed E-state index contributed by atoms with van der Waals surface area (Å²) in [6, 6.07) is 7.72. The van der Waals surface area contributed by atoms with E-state index < -0.39 is 32.1 Å². The van der Waals surface area contributed by atoms with Crippen LogP contribution in [0.5, 0.6) is 11.5 Å². The Morgan fingerprint density at radius 1 is 1.11 bits per heavy atom. The molecule has 94 valence electrons. The first kappa shape index (κ1) is 12.2. The molecule has 0 bridgehead atoms. The van der Waals surface area contributed by atoms with Gasteiger partial charge in [-0.25, -0.2) is 4.79 Å². The lowest BCUT2D eigenvalue weighted by Gasteiger charge is -2.06. The van der Waals surface area contributed by atoms with Crippen molar-refractivity contribution in [3.05, 3.63) is 53.1 Å². The first-order valence-corrected chi connectivity index (χ1v) is 6.22. The SMILES string of the molecule is O=c1occcc1OS(=O)(=O)c1ccccc1O. The van der Waals surface area contributed by atoms with Gasteiger partial charge in [0, 0.05) is 0 Å². The minimum atomic E-state index is -4.28. The zero-order chi connectivity index (χ0) is 13.2. The van der Waals surface area contributed by atoms with Crippen LogP contribution in [0.1, 0.15) is 0 Å². The summed E-state index contributed by atoms with van der Waals surface area (Å²) in [4.78, 5) is 10.8. The monoisotopic (exact) mass is 268 g/mol. The van der Waals surface area contributed by atoms with Gasteiger partial charge in [-0.1, -0.05) is 12.1 Å². The number of para-hydroxylation sites is 1. The molecule has 0 saturated carbocycles. The van der Waals surface area contributed by atoms with Gasteiger partial charge in [0.1, 0.15) is 10.6 Å². The van der Waals surface area contributed by atoms with E-state index in [1.165, 1.54) is 24.3 Å². The fourth-order valence-electron chi connectivity index (χ4n) is 1.25. The molecule has 1 aromatic heterocycles. The average Bonchev–Trinajstić information content (AvgIpc) is 2.32. The van der Waals surface area contributed by atoms with Gasteiger partial charge in [-0.15, -0.1) is 0 Å². The van der Waals surface area contributed by atoms with E-state index in [0.29, 0.717) is 0 Å². The molecule has 6 nitrogen and oxygen atoms in total. The van der Waals surface area contributed by atoms with Crippen LogP contribution in [0, 0.1) is 0 Å². The van der Waals surface area contributed by atoms with E-state index >= 15 is 0 Å². The van der Waals surface area contributed by atoms with E-state index in [0.717, 1.165) is 18.4 Å². The Bertz CT molecular complexity index is 716. The van der Waals surface area contributed by atoms with Crippen molar-refractivity contribution in [2.45, 2.75) is 4.90 Å². The molecule has 0 saturated heterocycles. The lowest BCUT2D eigenvalue weighted by Crippen LogP contribution is -2.14. The number of hydrogen-bond donors (Lipinski definition) is 1.